The highest BCUT2D eigenvalue weighted by atomic mass is 79.9. The summed E-state index contributed by atoms with van der Waals surface area (Å²) in [6.07, 6.45) is 0.663. The Hall–Kier alpha value is -0.540. The van der Waals surface area contributed by atoms with Crippen LogP contribution in [0.1, 0.15) is 10.4 Å². The molecule has 1 rings (SSSR count). The third-order valence-electron chi connectivity index (χ3n) is 1.18. The van der Waals surface area contributed by atoms with Crippen molar-refractivity contribution in [3.63, 3.8) is 0 Å². The van der Waals surface area contributed by atoms with Gasteiger partial charge in [0, 0.05) is 5.56 Å². The number of hydrogen-bond donors (Lipinski definition) is 1. The van der Waals surface area contributed by atoms with E-state index >= 15 is 0 Å². The van der Waals surface area contributed by atoms with Crippen LogP contribution in [0.2, 0.25) is 5.02 Å². The second-order valence-corrected chi connectivity index (χ2v) is 3.21. The van der Waals surface area contributed by atoms with Gasteiger partial charge in [0.25, 0.3) is 0 Å². The highest BCUT2D eigenvalue weighted by Gasteiger charge is 2.04. The van der Waals surface area contributed by atoms with Gasteiger partial charge in [0.15, 0.2) is 0 Å². The fraction of sp³-hybridized carbons (Fsp3) is 0. The van der Waals surface area contributed by atoms with Crippen molar-refractivity contribution in [2.75, 3.05) is 0 Å². The molecule has 0 saturated heterocycles. The summed E-state index contributed by atoms with van der Waals surface area (Å²) in [6.45, 7) is 0. The fourth-order valence-corrected chi connectivity index (χ4v) is 1.47. The van der Waals surface area contributed by atoms with Gasteiger partial charge in [0.2, 0.25) is 0 Å². The van der Waals surface area contributed by atoms with Crippen LogP contribution in [0, 0.1) is 0 Å². The Bertz CT molecular complexity index is 275. The summed E-state index contributed by atoms with van der Waals surface area (Å²) in [5.74, 6) is -0.0442. The zero-order valence-electron chi connectivity index (χ0n) is 5.34. The molecule has 1 aromatic carbocycles. The van der Waals surface area contributed by atoms with Crippen molar-refractivity contribution in [3.8, 4) is 5.75 Å². The third kappa shape index (κ3) is 1.73. The smallest absolute Gasteiger partial charge is 0.150 e. The summed E-state index contributed by atoms with van der Waals surface area (Å²) in [6, 6.07) is 2.89. The summed E-state index contributed by atoms with van der Waals surface area (Å²) >= 11 is 8.60. The summed E-state index contributed by atoms with van der Waals surface area (Å²) in [5.41, 5.74) is 0.430. The van der Waals surface area contributed by atoms with E-state index in [-0.39, 0.29) is 10.8 Å². The van der Waals surface area contributed by atoms with E-state index in [4.69, 9.17) is 16.7 Å². The minimum absolute atomic E-state index is 0.0442. The average Bonchev–Trinajstić information content (AvgIpc) is 1.99. The van der Waals surface area contributed by atoms with Crippen LogP contribution in [-0.2, 0) is 0 Å². The number of aromatic hydroxyl groups is 1. The van der Waals surface area contributed by atoms with Crippen molar-refractivity contribution in [1.82, 2.24) is 0 Å². The molecule has 0 aromatic heterocycles. The minimum atomic E-state index is -0.0442. The molecule has 0 saturated carbocycles. The van der Waals surface area contributed by atoms with Crippen molar-refractivity contribution < 1.29 is 9.90 Å². The maximum atomic E-state index is 10.3. The van der Waals surface area contributed by atoms with E-state index in [0.29, 0.717) is 16.3 Å². The molecule has 0 atom stereocenters. The number of carbonyl (C=O) groups is 1. The standard InChI is InChI=1S/C7H4BrClO2/c8-5-1-4(3-10)2-6(9)7(5)11/h1-3,11H. The molecule has 0 aliphatic rings. The van der Waals surface area contributed by atoms with E-state index in [9.17, 15) is 4.79 Å². The van der Waals surface area contributed by atoms with E-state index in [2.05, 4.69) is 15.9 Å². The lowest BCUT2D eigenvalue weighted by molar-refractivity contribution is 0.112. The minimum Gasteiger partial charge on any atom is -0.505 e. The molecular weight excluding hydrogens is 231 g/mol. The Balaban J connectivity index is 3.31. The quantitative estimate of drug-likeness (QED) is 0.760. The monoisotopic (exact) mass is 234 g/mol. The molecule has 0 spiro atoms. The fourth-order valence-electron chi connectivity index (χ4n) is 0.653. The molecule has 11 heavy (non-hydrogen) atoms. The Morgan fingerprint density at radius 2 is 2.18 bits per heavy atom. The predicted octanol–water partition coefficient (Wildman–Crippen LogP) is 2.62. The van der Waals surface area contributed by atoms with Crippen LogP contribution in [0.3, 0.4) is 0 Å². The van der Waals surface area contributed by atoms with Gasteiger partial charge in [-0.2, -0.15) is 0 Å². The molecule has 0 aliphatic heterocycles. The van der Waals surface area contributed by atoms with Crippen LogP contribution in [-0.4, -0.2) is 11.4 Å². The second kappa shape index (κ2) is 3.24. The number of phenolic OH excluding ortho intramolecular Hbond substituents is 1. The SMILES string of the molecule is O=Cc1cc(Cl)c(O)c(Br)c1. The predicted molar refractivity (Wildman–Crippen MR) is 46.2 cm³/mol. The van der Waals surface area contributed by atoms with Crippen LogP contribution in [0.15, 0.2) is 16.6 Å². The van der Waals surface area contributed by atoms with Crippen LogP contribution in [0.5, 0.6) is 5.75 Å². The topological polar surface area (TPSA) is 37.3 Å². The summed E-state index contributed by atoms with van der Waals surface area (Å²) in [5, 5.41) is 9.30. The van der Waals surface area contributed by atoms with Gasteiger partial charge < -0.3 is 5.11 Å². The van der Waals surface area contributed by atoms with Gasteiger partial charge in [-0.25, -0.2) is 0 Å². The van der Waals surface area contributed by atoms with Gasteiger partial charge in [-0.15, -0.1) is 0 Å². The normalized spacial score (nSPS) is 9.64. The molecule has 0 heterocycles. The Morgan fingerprint density at radius 1 is 1.55 bits per heavy atom. The number of carbonyl (C=O) groups excluding carboxylic acids is 1. The number of hydrogen-bond acceptors (Lipinski definition) is 2. The average molecular weight is 235 g/mol. The molecule has 0 radical (unpaired) electrons. The first kappa shape index (κ1) is 8.56. The molecule has 1 aromatic rings. The number of halogens is 2. The highest BCUT2D eigenvalue weighted by molar-refractivity contribution is 9.10. The molecular formula is C7H4BrClO2. The first-order valence-corrected chi connectivity index (χ1v) is 3.95. The molecule has 0 unspecified atom stereocenters. The summed E-state index contributed by atoms with van der Waals surface area (Å²) < 4.78 is 0.423. The molecule has 0 amide bonds. The summed E-state index contributed by atoms with van der Waals surface area (Å²) in [7, 11) is 0. The van der Waals surface area contributed by atoms with E-state index in [1.807, 2.05) is 0 Å². The van der Waals surface area contributed by atoms with E-state index < -0.39 is 0 Å². The summed E-state index contributed by atoms with van der Waals surface area (Å²) in [4.78, 5) is 10.3. The number of aldehydes is 1. The Morgan fingerprint density at radius 3 is 2.64 bits per heavy atom. The van der Waals surface area contributed by atoms with E-state index in [1.165, 1.54) is 12.1 Å². The molecule has 1 N–H and O–H groups in total. The zero-order valence-corrected chi connectivity index (χ0v) is 7.69. The first-order valence-electron chi connectivity index (χ1n) is 2.78. The van der Waals surface area contributed by atoms with Crippen LogP contribution < -0.4 is 0 Å². The van der Waals surface area contributed by atoms with Gasteiger partial charge in [0.1, 0.15) is 12.0 Å². The molecule has 4 heteroatoms. The van der Waals surface area contributed by atoms with E-state index in [0.717, 1.165) is 0 Å². The maximum Gasteiger partial charge on any atom is 0.150 e. The van der Waals surface area contributed by atoms with Crippen molar-refractivity contribution in [2.45, 2.75) is 0 Å². The van der Waals surface area contributed by atoms with Gasteiger partial charge in [-0.1, -0.05) is 11.6 Å². The Kier molecular flexibility index (Phi) is 2.52. The molecule has 0 fully saturated rings. The van der Waals surface area contributed by atoms with Crippen molar-refractivity contribution in [2.24, 2.45) is 0 Å². The lowest BCUT2D eigenvalue weighted by Gasteiger charge is -1.99. The van der Waals surface area contributed by atoms with Crippen LogP contribution >= 0.6 is 27.5 Å². The Labute approximate surface area is 76.9 Å². The number of benzene rings is 1. The first-order chi connectivity index (χ1) is 5.15. The molecule has 0 aliphatic carbocycles. The second-order valence-electron chi connectivity index (χ2n) is 1.95. The lowest BCUT2D eigenvalue weighted by atomic mass is 10.2. The van der Waals surface area contributed by atoms with Crippen LogP contribution in [0.4, 0.5) is 0 Å². The molecule has 58 valence electrons. The van der Waals surface area contributed by atoms with Gasteiger partial charge in [0.05, 0.1) is 9.50 Å². The van der Waals surface area contributed by atoms with Gasteiger partial charge >= 0.3 is 0 Å². The third-order valence-corrected chi connectivity index (χ3v) is 2.07. The van der Waals surface area contributed by atoms with Crippen molar-refractivity contribution >= 4 is 33.8 Å². The lowest BCUT2D eigenvalue weighted by Crippen LogP contribution is -1.80. The molecule has 2 nitrogen and oxygen atoms in total. The maximum absolute atomic E-state index is 10.3. The number of phenols is 1. The number of rotatable bonds is 1. The van der Waals surface area contributed by atoms with Crippen molar-refractivity contribution in [1.29, 1.82) is 0 Å². The van der Waals surface area contributed by atoms with Gasteiger partial charge in [-0.05, 0) is 28.1 Å². The molecule has 0 bridgehead atoms. The van der Waals surface area contributed by atoms with Crippen LogP contribution in [0.25, 0.3) is 0 Å². The zero-order chi connectivity index (χ0) is 8.43. The highest BCUT2D eigenvalue weighted by Crippen LogP contribution is 2.32. The van der Waals surface area contributed by atoms with Crippen molar-refractivity contribution in [3.05, 3.63) is 27.2 Å². The van der Waals surface area contributed by atoms with E-state index in [1.54, 1.807) is 0 Å². The van der Waals surface area contributed by atoms with Gasteiger partial charge in [-0.3, -0.25) is 4.79 Å². The largest absolute Gasteiger partial charge is 0.505 e.